The van der Waals surface area contributed by atoms with Crippen molar-refractivity contribution in [1.82, 2.24) is 0 Å². The van der Waals surface area contributed by atoms with Crippen molar-refractivity contribution in [3.8, 4) is 0 Å². The van der Waals surface area contributed by atoms with Gasteiger partial charge in [-0.2, -0.15) is 0 Å². The molecular weight excluding hydrogens is 424 g/mol. The normalized spacial score (nSPS) is 15.3. The number of cyclic esters (lactones) is 1. The Bertz CT molecular complexity index is 462. The molecule has 1 saturated heterocycles. The first kappa shape index (κ1) is 30.6. The molecule has 0 bridgehead atoms. The molecule has 0 aromatic rings. The average molecular weight is 481 g/mol. The van der Waals surface area contributed by atoms with Gasteiger partial charge in [0, 0.05) is 5.41 Å². The van der Waals surface area contributed by atoms with Crippen LogP contribution in [0, 0.1) is 5.41 Å². The van der Waals surface area contributed by atoms with Gasteiger partial charge in [-0.25, -0.2) is 0 Å². The van der Waals surface area contributed by atoms with E-state index in [2.05, 4.69) is 13.8 Å². The first-order chi connectivity index (χ1) is 16.1. The molecule has 1 heterocycles. The summed E-state index contributed by atoms with van der Waals surface area (Å²) in [5, 5.41) is 0.603. The van der Waals surface area contributed by atoms with Crippen LogP contribution in [0.4, 0.5) is 0 Å². The minimum absolute atomic E-state index is 0.0915. The molecule has 0 aliphatic carbocycles. The molecule has 1 fully saturated rings. The standard InChI is InChI=1S/C30H56O2S/c1-3-5-7-9-11-13-15-17-19-21-23-25-30(27-28(31)32-29(30)33)26-24-22-20-18-16-14-12-10-8-6-4-2/h3-27H2,1-2H3. The molecule has 1 aliphatic rings. The maximum absolute atomic E-state index is 12.0. The largest absolute Gasteiger partial charge is 0.419 e. The highest BCUT2D eigenvalue weighted by Gasteiger charge is 2.44. The molecule has 33 heavy (non-hydrogen) atoms. The highest BCUT2D eigenvalue weighted by Crippen LogP contribution is 2.42. The zero-order valence-corrected chi connectivity index (χ0v) is 23.2. The fourth-order valence-electron chi connectivity index (χ4n) is 5.36. The summed E-state index contributed by atoms with van der Waals surface area (Å²) in [5.74, 6) is -0.0915. The number of esters is 1. The van der Waals surface area contributed by atoms with Gasteiger partial charge >= 0.3 is 5.97 Å². The summed E-state index contributed by atoms with van der Waals surface area (Å²) in [7, 11) is 0. The van der Waals surface area contributed by atoms with E-state index in [0.717, 1.165) is 12.8 Å². The van der Waals surface area contributed by atoms with Gasteiger partial charge in [-0.05, 0) is 25.1 Å². The smallest absolute Gasteiger partial charge is 0.312 e. The van der Waals surface area contributed by atoms with Crippen molar-refractivity contribution in [1.29, 1.82) is 0 Å². The van der Waals surface area contributed by atoms with Crippen LogP contribution in [0.1, 0.15) is 174 Å². The van der Waals surface area contributed by atoms with Gasteiger partial charge in [-0.15, -0.1) is 0 Å². The zero-order valence-electron chi connectivity index (χ0n) is 22.4. The van der Waals surface area contributed by atoms with Gasteiger partial charge in [-0.3, -0.25) is 4.79 Å². The maximum Gasteiger partial charge on any atom is 0.312 e. The topological polar surface area (TPSA) is 26.3 Å². The molecule has 0 spiro atoms. The lowest BCUT2D eigenvalue weighted by atomic mass is 9.77. The number of hydrogen-bond donors (Lipinski definition) is 0. The van der Waals surface area contributed by atoms with Crippen molar-refractivity contribution in [3.63, 3.8) is 0 Å². The predicted octanol–water partition coefficient (Wildman–Crippen LogP) is 10.6. The third kappa shape index (κ3) is 15.2. The quantitative estimate of drug-likeness (QED) is 0.0780. The van der Waals surface area contributed by atoms with Crippen molar-refractivity contribution < 1.29 is 9.53 Å². The van der Waals surface area contributed by atoms with Gasteiger partial charge in [-0.1, -0.05) is 155 Å². The van der Waals surface area contributed by atoms with Gasteiger partial charge in [0.25, 0.3) is 0 Å². The van der Waals surface area contributed by atoms with Crippen LogP contribution in [0.15, 0.2) is 0 Å². The van der Waals surface area contributed by atoms with Crippen LogP contribution < -0.4 is 0 Å². The second-order valence-corrected chi connectivity index (χ2v) is 11.2. The summed E-state index contributed by atoms with van der Waals surface area (Å²) in [6, 6.07) is 0. The van der Waals surface area contributed by atoms with Crippen LogP contribution in [0.3, 0.4) is 0 Å². The van der Waals surface area contributed by atoms with E-state index < -0.39 is 0 Å². The first-order valence-corrected chi connectivity index (χ1v) is 15.3. The van der Waals surface area contributed by atoms with E-state index in [1.807, 2.05) is 0 Å². The highest BCUT2D eigenvalue weighted by atomic mass is 32.1. The fraction of sp³-hybridized carbons (Fsp3) is 0.933. The predicted molar refractivity (Wildman–Crippen MR) is 148 cm³/mol. The van der Waals surface area contributed by atoms with Gasteiger partial charge in [0.15, 0.2) is 5.05 Å². The van der Waals surface area contributed by atoms with Gasteiger partial charge < -0.3 is 4.74 Å². The monoisotopic (exact) mass is 480 g/mol. The van der Waals surface area contributed by atoms with Crippen LogP contribution in [0.2, 0.25) is 0 Å². The molecule has 194 valence electrons. The number of carbonyl (C=O) groups excluding carboxylic acids is 1. The molecule has 0 atom stereocenters. The van der Waals surface area contributed by atoms with Gasteiger partial charge in [0.1, 0.15) is 0 Å². The number of hydrogen-bond acceptors (Lipinski definition) is 3. The number of ether oxygens (including phenoxy) is 1. The lowest BCUT2D eigenvalue weighted by Crippen LogP contribution is -2.25. The Balaban J connectivity index is 2.10. The number of unbranched alkanes of at least 4 members (excludes halogenated alkanes) is 20. The Morgan fingerprint density at radius 3 is 1.15 bits per heavy atom. The molecule has 0 radical (unpaired) electrons. The van der Waals surface area contributed by atoms with Gasteiger partial charge in [0.2, 0.25) is 0 Å². The lowest BCUT2D eigenvalue weighted by molar-refractivity contribution is -0.133. The molecule has 0 aromatic heterocycles. The minimum atomic E-state index is -0.134. The number of thiocarbonyl (C=S) groups is 1. The van der Waals surface area contributed by atoms with Crippen molar-refractivity contribution in [2.24, 2.45) is 5.41 Å². The van der Waals surface area contributed by atoms with Crippen LogP contribution in [-0.2, 0) is 9.53 Å². The summed E-state index contributed by atoms with van der Waals surface area (Å²) < 4.78 is 5.37. The third-order valence-corrected chi connectivity index (χ3v) is 8.16. The molecule has 1 aliphatic heterocycles. The van der Waals surface area contributed by atoms with E-state index in [-0.39, 0.29) is 11.4 Å². The van der Waals surface area contributed by atoms with E-state index in [0.29, 0.717) is 11.5 Å². The summed E-state index contributed by atoms with van der Waals surface area (Å²) in [6.07, 6.45) is 32.4. The fourth-order valence-corrected chi connectivity index (χ4v) is 5.73. The maximum atomic E-state index is 12.0. The Morgan fingerprint density at radius 2 is 0.879 bits per heavy atom. The lowest BCUT2D eigenvalue weighted by Gasteiger charge is -2.26. The summed E-state index contributed by atoms with van der Waals surface area (Å²) in [4.78, 5) is 12.0. The summed E-state index contributed by atoms with van der Waals surface area (Å²) >= 11 is 5.54. The number of rotatable bonds is 24. The van der Waals surface area contributed by atoms with Crippen molar-refractivity contribution in [2.75, 3.05) is 0 Å². The Morgan fingerprint density at radius 1 is 0.576 bits per heavy atom. The van der Waals surface area contributed by atoms with Crippen LogP contribution in [-0.4, -0.2) is 11.0 Å². The van der Waals surface area contributed by atoms with E-state index in [1.165, 1.54) is 141 Å². The van der Waals surface area contributed by atoms with Crippen molar-refractivity contribution in [2.45, 2.75) is 174 Å². The average Bonchev–Trinajstić information content (AvgIpc) is 3.08. The number of carbonyl (C=O) groups is 1. The highest BCUT2D eigenvalue weighted by molar-refractivity contribution is 7.80. The second-order valence-electron chi connectivity index (χ2n) is 10.8. The van der Waals surface area contributed by atoms with E-state index in [1.54, 1.807) is 0 Å². The molecule has 0 unspecified atom stereocenters. The molecular formula is C30H56O2S. The summed E-state index contributed by atoms with van der Waals surface area (Å²) in [6.45, 7) is 4.56. The van der Waals surface area contributed by atoms with E-state index in [4.69, 9.17) is 17.0 Å². The molecule has 1 rings (SSSR count). The zero-order chi connectivity index (χ0) is 24.0. The van der Waals surface area contributed by atoms with E-state index in [9.17, 15) is 4.79 Å². The van der Waals surface area contributed by atoms with Crippen LogP contribution in [0.25, 0.3) is 0 Å². The third-order valence-electron chi connectivity index (χ3n) is 7.64. The molecule has 2 nitrogen and oxygen atoms in total. The van der Waals surface area contributed by atoms with E-state index >= 15 is 0 Å². The summed E-state index contributed by atoms with van der Waals surface area (Å²) in [5.41, 5.74) is -0.134. The van der Waals surface area contributed by atoms with Crippen molar-refractivity contribution >= 4 is 23.2 Å². The first-order valence-electron chi connectivity index (χ1n) is 14.9. The van der Waals surface area contributed by atoms with Crippen molar-refractivity contribution in [3.05, 3.63) is 0 Å². The molecule has 0 N–H and O–H groups in total. The Kier molecular flexibility index (Phi) is 19.4. The SMILES string of the molecule is CCCCCCCCCCCCCC1(CCCCCCCCCCCCC)CC(=O)OC1=S. The minimum Gasteiger partial charge on any atom is -0.419 e. The van der Waals surface area contributed by atoms with Crippen LogP contribution >= 0.6 is 12.2 Å². The van der Waals surface area contributed by atoms with Crippen LogP contribution in [0.5, 0.6) is 0 Å². The second kappa shape index (κ2) is 20.9. The molecule has 0 saturated carbocycles. The molecule has 3 heteroatoms. The Hall–Kier alpha value is -0.440. The Labute approximate surface area is 212 Å². The molecule has 0 aromatic carbocycles. The molecule has 0 amide bonds. The van der Waals surface area contributed by atoms with Gasteiger partial charge in [0.05, 0.1) is 6.42 Å².